The number of hydrogen-bond acceptors (Lipinski definition) is 3. The van der Waals surface area contributed by atoms with E-state index in [-0.39, 0.29) is 12.2 Å². The molecule has 0 aliphatic rings. The van der Waals surface area contributed by atoms with Crippen LogP contribution in [-0.2, 0) is 14.8 Å². The number of hydrogen-bond donors (Lipinski definition) is 1. The number of benzene rings is 2. The summed E-state index contributed by atoms with van der Waals surface area (Å²) in [6, 6.07) is 10.8. The van der Waals surface area contributed by atoms with Crippen LogP contribution in [0.1, 0.15) is 31.9 Å². The lowest BCUT2D eigenvalue weighted by Gasteiger charge is -2.31. The molecule has 0 aliphatic carbocycles. The normalized spacial score (nSPS) is 13.7. The average Bonchev–Trinajstić information content (AvgIpc) is 2.58. The van der Waals surface area contributed by atoms with Crippen LogP contribution in [0.5, 0.6) is 0 Å². The Morgan fingerprint density at radius 3 is 2.37 bits per heavy atom. The summed E-state index contributed by atoms with van der Waals surface area (Å²) in [6.07, 6.45) is 1.31. The molecule has 0 saturated heterocycles. The molecule has 0 saturated carbocycles. The molecule has 5 nitrogen and oxygen atoms in total. The molecule has 0 unspecified atom stereocenters. The molecule has 2 rings (SSSR count). The van der Waals surface area contributed by atoms with Gasteiger partial charge in [0.25, 0.3) is 0 Å². The van der Waals surface area contributed by atoms with E-state index in [4.69, 9.17) is 11.6 Å². The second-order valence-corrected chi connectivity index (χ2v) is 8.54. The Morgan fingerprint density at radius 2 is 1.85 bits per heavy atom. The zero-order chi connectivity index (χ0) is 20.2. The maximum atomic E-state index is 13.1. The second-order valence-electron chi connectivity index (χ2n) is 6.24. The number of amides is 1. The number of sulfonamides is 1. The number of nitrogens with one attached hydrogen (secondary N) is 1. The van der Waals surface area contributed by atoms with Gasteiger partial charge in [-0.05, 0) is 49.2 Å². The molecule has 0 radical (unpaired) electrons. The minimum atomic E-state index is -3.73. The van der Waals surface area contributed by atoms with Crippen molar-refractivity contribution in [1.29, 1.82) is 0 Å². The number of nitrogens with zero attached hydrogens (tertiary/aromatic N) is 1. The first-order chi connectivity index (χ1) is 12.6. The van der Waals surface area contributed by atoms with Gasteiger partial charge in [0.1, 0.15) is 11.9 Å². The van der Waals surface area contributed by atoms with Gasteiger partial charge < -0.3 is 5.32 Å². The number of anilines is 1. The first kappa shape index (κ1) is 21.2. The molecular formula is C19H22ClFN2O3S. The van der Waals surface area contributed by atoms with E-state index in [1.54, 1.807) is 44.2 Å². The van der Waals surface area contributed by atoms with E-state index < -0.39 is 28.0 Å². The molecule has 1 N–H and O–H groups in total. The summed E-state index contributed by atoms with van der Waals surface area (Å²) < 4.78 is 39.0. The highest BCUT2D eigenvalue weighted by molar-refractivity contribution is 7.92. The number of rotatable bonds is 7. The highest BCUT2D eigenvalue weighted by atomic mass is 35.5. The Morgan fingerprint density at radius 1 is 1.22 bits per heavy atom. The fourth-order valence-corrected chi connectivity index (χ4v) is 4.21. The first-order valence-electron chi connectivity index (χ1n) is 8.44. The first-order valence-corrected chi connectivity index (χ1v) is 10.7. The van der Waals surface area contributed by atoms with E-state index in [1.165, 1.54) is 18.2 Å². The van der Waals surface area contributed by atoms with Crippen LogP contribution < -0.4 is 9.62 Å². The number of halogens is 2. The van der Waals surface area contributed by atoms with Gasteiger partial charge in [-0.1, -0.05) is 36.7 Å². The quantitative estimate of drug-likeness (QED) is 0.749. The van der Waals surface area contributed by atoms with Gasteiger partial charge in [0.05, 0.1) is 18.0 Å². The standard InChI is InChI=1S/C19H22ClFN2O3S/c1-4-18(19(24)22-13(2)14-8-10-16(21)11-9-14)23(27(3,25)26)17-7-5-6-15(20)12-17/h5-13,18H,4H2,1-3H3,(H,22,24)/t13-,18-/m1/s1. The maximum Gasteiger partial charge on any atom is 0.244 e. The smallest absolute Gasteiger partial charge is 0.244 e. The highest BCUT2D eigenvalue weighted by Gasteiger charge is 2.32. The number of carbonyl (C=O) groups excluding carboxylic acids is 1. The van der Waals surface area contributed by atoms with Gasteiger partial charge in [-0.15, -0.1) is 0 Å². The van der Waals surface area contributed by atoms with E-state index in [1.807, 2.05) is 0 Å². The zero-order valence-electron chi connectivity index (χ0n) is 15.3. The molecule has 0 spiro atoms. The predicted octanol–water partition coefficient (Wildman–Crippen LogP) is 3.90. The lowest BCUT2D eigenvalue weighted by atomic mass is 10.1. The van der Waals surface area contributed by atoms with Crippen molar-refractivity contribution in [3.05, 3.63) is 64.9 Å². The monoisotopic (exact) mass is 412 g/mol. The molecule has 0 fully saturated rings. The van der Waals surface area contributed by atoms with E-state index in [9.17, 15) is 17.6 Å². The van der Waals surface area contributed by atoms with Gasteiger partial charge in [0.2, 0.25) is 15.9 Å². The van der Waals surface area contributed by atoms with E-state index in [0.29, 0.717) is 16.3 Å². The Hall–Kier alpha value is -2.12. The molecule has 2 aromatic carbocycles. The van der Waals surface area contributed by atoms with Crippen molar-refractivity contribution in [2.75, 3.05) is 10.6 Å². The van der Waals surface area contributed by atoms with E-state index in [0.717, 1.165) is 10.6 Å². The minimum Gasteiger partial charge on any atom is -0.348 e. The molecule has 146 valence electrons. The molecule has 2 atom stereocenters. The summed E-state index contributed by atoms with van der Waals surface area (Å²) in [6.45, 7) is 3.48. The maximum absolute atomic E-state index is 13.1. The molecule has 0 bridgehead atoms. The van der Waals surface area contributed by atoms with Crippen LogP contribution in [0.4, 0.5) is 10.1 Å². The van der Waals surface area contributed by atoms with E-state index in [2.05, 4.69) is 5.32 Å². The molecule has 2 aromatic rings. The second kappa shape index (κ2) is 8.71. The summed E-state index contributed by atoms with van der Waals surface area (Å²) in [7, 11) is -3.73. The Kier molecular flexibility index (Phi) is 6.84. The van der Waals surface area contributed by atoms with E-state index >= 15 is 0 Å². The lowest BCUT2D eigenvalue weighted by molar-refractivity contribution is -0.122. The highest BCUT2D eigenvalue weighted by Crippen LogP contribution is 2.26. The third-order valence-corrected chi connectivity index (χ3v) is 5.54. The Balaban J connectivity index is 2.30. The van der Waals surface area contributed by atoms with Crippen molar-refractivity contribution in [1.82, 2.24) is 5.32 Å². The van der Waals surface area contributed by atoms with Crippen molar-refractivity contribution in [3.8, 4) is 0 Å². The van der Waals surface area contributed by atoms with Crippen LogP contribution in [0.15, 0.2) is 48.5 Å². The van der Waals surface area contributed by atoms with Crippen LogP contribution in [0, 0.1) is 5.82 Å². The van der Waals surface area contributed by atoms with Crippen LogP contribution in [0.2, 0.25) is 5.02 Å². The van der Waals surface area contributed by atoms with Crippen LogP contribution in [-0.4, -0.2) is 26.6 Å². The predicted molar refractivity (Wildman–Crippen MR) is 106 cm³/mol. The molecule has 1 amide bonds. The molecule has 0 heterocycles. The minimum absolute atomic E-state index is 0.265. The van der Waals surface area contributed by atoms with Gasteiger partial charge in [0, 0.05) is 5.02 Å². The van der Waals surface area contributed by atoms with Crippen molar-refractivity contribution in [2.45, 2.75) is 32.4 Å². The molecule has 0 aromatic heterocycles. The summed E-state index contributed by atoms with van der Waals surface area (Å²) in [5, 5.41) is 3.17. The SMILES string of the molecule is CC[C@H](C(=O)N[C@H](C)c1ccc(F)cc1)N(c1cccc(Cl)c1)S(C)(=O)=O. The zero-order valence-corrected chi connectivity index (χ0v) is 16.9. The van der Waals surface area contributed by atoms with Crippen LogP contribution in [0.3, 0.4) is 0 Å². The van der Waals surface area contributed by atoms with Crippen LogP contribution >= 0.6 is 11.6 Å². The third-order valence-electron chi connectivity index (χ3n) is 4.12. The number of carbonyl (C=O) groups is 1. The van der Waals surface area contributed by atoms with Gasteiger partial charge in [-0.2, -0.15) is 0 Å². The van der Waals surface area contributed by atoms with Crippen molar-refractivity contribution in [2.24, 2.45) is 0 Å². The topological polar surface area (TPSA) is 66.5 Å². The summed E-state index contributed by atoms with van der Waals surface area (Å²) in [5.74, 6) is -0.812. The van der Waals surface area contributed by atoms with Crippen molar-refractivity contribution in [3.63, 3.8) is 0 Å². The molecular weight excluding hydrogens is 391 g/mol. The largest absolute Gasteiger partial charge is 0.348 e. The molecule has 27 heavy (non-hydrogen) atoms. The van der Waals surface area contributed by atoms with Crippen LogP contribution in [0.25, 0.3) is 0 Å². The van der Waals surface area contributed by atoms with Gasteiger partial charge in [-0.25, -0.2) is 12.8 Å². The van der Waals surface area contributed by atoms with Gasteiger partial charge in [-0.3, -0.25) is 9.10 Å². The van der Waals surface area contributed by atoms with Crippen molar-refractivity contribution < 1.29 is 17.6 Å². The average molecular weight is 413 g/mol. The fraction of sp³-hybridized carbons (Fsp3) is 0.316. The summed E-state index contributed by atoms with van der Waals surface area (Å²) in [5.41, 5.74) is 1.04. The molecule has 0 aliphatic heterocycles. The summed E-state index contributed by atoms with van der Waals surface area (Å²) >= 11 is 5.99. The molecule has 8 heteroatoms. The lowest BCUT2D eigenvalue weighted by Crippen LogP contribution is -2.49. The Bertz CT molecular complexity index is 903. The van der Waals surface area contributed by atoms with Gasteiger partial charge >= 0.3 is 0 Å². The van der Waals surface area contributed by atoms with Gasteiger partial charge in [0.15, 0.2) is 0 Å². The summed E-state index contributed by atoms with van der Waals surface area (Å²) in [4.78, 5) is 12.8. The Labute approximate surface area is 164 Å². The fourth-order valence-electron chi connectivity index (χ4n) is 2.82. The van der Waals surface area contributed by atoms with Crippen molar-refractivity contribution >= 4 is 33.2 Å². The third kappa shape index (κ3) is 5.43.